The van der Waals surface area contributed by atoms with Crippen molar-refractivity contribution in [3.8, 4) is 0 Å². The summed E-state index contributed by atoms with van der Waals surface area (Å²) in [5, 5.41) is 2.93. The Balaban J connectivity index is 1.81. The molecule has 0 saturated heterocycles. The van der Waals surface area contributed by atoms with Crippen LogP contribution in [0.3, 0.4) is 0 Å². The average Bonchev–Trinajstić information content (AvgIpc) is 2.52. The highest BCUT2D eigenvalue weighted by atomic mass is 16.1. The first-order valence-electron chi connectivity index (χ1n) is 7.23. The van der Waals surface area contributed by atoms with Crippen molar-refractivity contribution in [3.63, 3.8) is 0 Å². The molecular formula is C17H21N3O. The van der Waals surface area contributed by atoms with Gasteiger partial charge in [0.25, 0.3) is 0 Å². The Morgan fingerprint density at radius 3 is 2.71 bits per heavy atom. The van der Waals surface area contributed by atoms with Crippen molar-refractivity contribution in [3.05, 3.63) is 59.4 Å². The van der Waals surface area contributed by atoms with Crippen LogP contribution in [0.15, 0.2) is 42.6 Å². The topological polar surface area (TPSA) is 68.0 Å². The van der Waals surface area contributed by atoms with E-state index in [0.29, 0.717) is 13.0 Å². The van der Waals surface area contributed by atoms with Gasteiger partial charge in [-0.15, -0.1) is 0 Å². The summed E-state index contributed by atoms with van der Waals surface area (Å²) in [5.74, 6) is 0.0412. The molecule has 0 aliphatic carbocycles. The second-order valence-corrected chi connectivity index (χ2v) is 4.98. The normalized spacial score (nSPS) is 10.3. The van der Waals surface area contributed by atoms with E-state index in [0.717, 1.165) is 29.8 Å². The van der Waals surface area contributed by atoms with E-state index >= 15 is 0 Å². The highest BCUT2D eigenvalue weighted by Gasteiger charge is 2.05. The number of nitrogen functional groups attached to an aromatic ring is 1. The summed E-state index contributed by atoms with van der Waals surface area (Å²) in [5.41, 5.74) is 9.62. The lowest BCUT2D eigenvalue weighted by molar-refractivity contribution is -0.121. The molecule has 21 heavy (non-hydrogen) atoms. The molecule has 0 unspecified atom stereocenters. The van der Waals surface area contributed by atoms with E-state index < -0.39 is 0 Å². The molecule has 0 atom stereocenters. The molecule has 1 amide bonds. The number of hydrogen-bond acceptors (Lipinski definition) is 3. The highest BCUT2D eigenvalue weighted by molar-refractivity contribution is 5.76. The van der Waals surface area contributed by atoms with Crippen LogP contribution in [0, 0.1) is 0 Å². The Morgan fingerprint density at radius 2 is 2.00 bits per heavy atom. The standard InChI is InChI=1S/C17H21N3O/c1-2-14-4-3-11-19-16(14)12-20-17(21)10-7-13-5-8-15(18)9-6-13/h3-6,8-9,11H,2,7,10,12,18H2,1H3,(H,20,21). The number of hydrogen-bond donors (Lipinski definition) is 2. The molecule has 4 heteroatoms. The minimum atomic E-state index is 0.0412. The molecule has 0 saturated carbocycles. The molecular weight excluding hydrogens is 262 g/mol. The summed E-state index contributed by atoms with van der Waals surface area (Å²) >= 11 is 0. The molecule has 0 fully saturated rings. The maximum absolute atomic E-state index is 11.9. The number of nitrogens with one attached hydrogen (secondary N) is 1. The Bertz CT molecular complexity index is 593. The predicted molar refractivity (Wildman–Crippen MR) is 84.6 cm³/mol. The van der Waals surface area contributed by atoms with Crippen LogP contribution in [-0.2, 0) is 24.2 Å². The second-order valence-electron chi connectivity index (χ2n) is 4.98. The first-order chi connectivity index (χ1) is 10.2. The van der Waals surface area contributed by atoms with Crippen LogP contribution in [-0.4, -0.2) is 10.9 Å². The van der Waals surface area contributed by atoms with Gasteiger partial charge in [-0.25, -0.2) is 0 Å². The predicted octanol–water partition coefficient (Wildman–Crippen LogP) is 2.48. The maximum atomic E-state index is 11.9. The molecule has 110 valence electrons. The maximum Gasteiger partial charge on any atom is 0.220 e. The zero-order valence-electron chi connectivity index (χ0n) is 12.3. The number of aromatic nitrogens is 1. The van der Waals surface area contributed by atoms with Crippen molar-refractivity contribution in [2.75, 3.05) is 5.73 Å². The fraction of sp³-hybridized carbons (Fsp3) is 0.294. The van der Waals surface area contributed by atoms with E-state index in [1.54, 1.807) is 6.20 Å². The third-order valence-corrected chi connectivity index (χ3v) is 3.44. The fourth-order valence-corrected chi connectivity index (χ4v) is 2.17. The van der Waals surface area contributed by atoms with Gasteiger partial charge < -0.3 is 11.1 Å². The largest absolute Gasteiger partial charge is 0.399 e. The van der Waals surface area contributed by atoms with Crippen molar-refractivity contribution in [2.24, 2.45) is 0 Å². The third kappa shape index (κ3) is 4.60. The minimum absolute atomic E-state index is 0.0412. The molecule has 1 heterocycles. The molecule has 0 spiro atoms. The quantitative estimate of drug-likeness (QED) is 0.800. The number of pyridine rings is 1. The van der Waals surface area contributed by atoms with Gasteiger partial charge in [-0.05, 0) is 42.2 Å². The van der Waals surface area contributed by atoms with Crippen molar-refractivity contribution < 1.29 is 4.79 Å². The summed E-state index contributed by atoms with van der Waals surface area (Å²) in [6, 6.07) is 11.6. The summed E-state index contributed by atoms with van der Waals surface area (Å²) in [7, 11) is 0. The Labute approximate surface area is 125 Å². The van der Waals surface area contributed by atoms with Gasteiger partial charge in [0, 0.05) is 18.3 Å². The molecule has 2 aromatic rings. The van der Waals surface area contributed by atoms with Gasteiger partial charge in [0.05, 0.1) is 12.2 Å². The summed E-state index contributed by atoms with van der Waals surface area (Å²) in [6.45, 7) is 2.58. The van der Waals surface area contributed by atoms with Crippen molar-refractivity contribution in [1.29, 1.82) is 0 Å². The second kappa shape index (κ2) is 7.43. The van der Waals surface area contributed by atoms with Crippen LogP contribution < -0.4 is 11.1 Å². The Hall–Kier alpha value is -2.36. The van der Waals surface area contributed by atoms with Crippen LogP contribution in [0.2, 0.25) is 0 Å². The van der Waals surface area contributed by atoms with E-state index in [1.165, 1.54) is 5.56 Å². The SMILES string of the molecule is CCc1cccnc1CNC(=O)CCc1ccc(N)cc1. The molecule has 0 aliphatic heterocycles. The number of benzene rings is 1. The lowest BCUT2D eigenvalue weighted by atomic mass is 10.1. The lowest BCUT2D eigenvalue weighted by Gasteiger charge is -2.08. The summed E-state index contributed by atoms with van der Waals surface area (Å²) < 4.78 is 0. The number of carbonyl (C=O) groups is 1. The number of aryl methyl sites for hydroxylation is 2. The number of nitrogens with two attached hydrogens (primary N) is 1. The lowest BCUT2D eigenvalue weighted by Crippen LogP contribution is -2.24. The zero-order chi connectivity index (χ0) is 15.1. The number of anilines is 1. The number of rotatable bonds is 6. The van der Waals surface area contributed by atoms with E-state index in [4.69, 9.17) is 5.73 Å². The molecule has 3 N–H and O–H groups in total. The van der Waals surface area contributed by atoms with E-state index in [-0.39, 0.29) is 5.91 Å². The first-order valence-corrected chi connectivity index (χ1v) is 7.23. The van der Waals surface area contributed by atoms with Gasteiger partial charge in [-0.2, -0.15) is 0 Å². The monoisotopic (exact) mass is 283 g/mol. The van der Waals surface area contributed by atoms with Gasteiger partial charge in [-0.1, -0.05) is 25.1 Å². The molecule has 0 aliphatic rings. The van der Waals surface area contributed by atoms with Gasteiger partial charge in [0.15, 0.2) is 0 Å². The zero-order valence-corrected chi connectivity index (χ0v) is 12.3. The van der Waals surface area contributed by atoms with Gasteiger partial charge in [0.2, 0.25) is 5.91 Å². The molecule has 2 rings (SSSR count). The summed E-state index contributed by atoms with van der Waals surface area (Å²) in [4.78, 5) is 16.2. The number of nitrogens with zero attached hydrogens (tertiary/aromatic N) is 1. The van der Waals surface area contributed by atoms with Gasteiger partial charge in [0.1, 0.15) is 0 Å². The molecule has 0 bridgehead atoms. The molecule has 1 aromatic carbocycles. The van der Waals surface area contributed by atoms with Crippen molar-refractivity contribution in [2.45, 2.75) is 32.7 Å². The number of amides is 1. The fourth-order valence-electron chi connectivity index (χ4n) is 2.17. The van der Waals surface area contributed by atoms with Crippen LogP contribution >= 0.6 is 0 Å². The van der Waals surface area contributed by atoms with E-state index in [2.05, 4.69) is 17.2 Å². The van der Waals surface area contributed by atoms with E-state index in [9.17, 15) is 4.79 Å². The Kier molecular flexibility index (Phi) is 5.32. The van der Waals surface area contributed by atoms with Crippen LogP contribution in [0.5, 0.6) is 0 Å². The van der Waals surface area contributed by atoms with E-state index in [1.807, 2.05) is 36.4 Å². The molecule has 0 radical (unpaired) electrons. The Morgan fingerprint density at radius 1 is 1.24 bits per heavy atom. The smallest absolute Gasteiger partial charge is 0.220 e. The van der Waals surface area contributed by atoms with Crippen LogP contribution in [0.1, 0.15) is 30.2 Å². The number of carbonyl (C=O) groups excluding carboxylic acids is 1. The third-order valence-electron chi connectivity index (χ3n) is 3.44. The van der Waals surface area contributed by atoms with Gasteiger partial charge in [-0.3, -0.25) is 9.78 Å². The average molecular weight is 283 g/mol. The molecule has 4 nitrogen and oxygen atoms in total. The van der Waals surface area contributed by atoms with Crippen molar-refractivity contribution >= 4 is 11.6 Å². The minimum Gasteiger partial charge on any atom is -0.399 e. The molecule has 1 aromatic heterocycles. The van der Waals surface area contributed by atoms with Crippen molar-refractivity contribution in [1.82, 2.24) is 10.3 Å². The first kappa shape index (κ1) is 15.0. The highest BCUT2D eigenvalue weighted by Crippen LogP contribution is 2.08. The van der Waals surface area contributed by atoms with Gasteiger partial charge >= 0.3 is 0 Å². The summed E-state index contributed by atoms with van der Waals surface area (Å²) in [6.07, 6.45) is 3.87. The van der Waals surface area contributed by atoms with Crippen LogP contribution in [0.25, 0.3) is 0 Å². The van der Waals surface area contributed by atoms with Crippen LogP contribution in [0.4, 0.5) is 5.69 Å².